The fraction of sp³-hybridized carbons (Fsp3) is 0.105. The van der Waals surface area contributed by atoms with Crippen LogP contribution in [0.3, 0.4) is 0 Å². The molecule has 0 aliphatic rings. The summed E-state index contributed by atoms with van der Waals surface area (Å²) in [5.74, 6) is 0. The van der Waals surface area contributed by atoms with Crippen molar-refractivity contribution in [1.29, 1.82) is 0 Å². The summed E-state index contributed by atoms with van der Waals surface area (Å²) in [5, 5.41) is 0. The number of alkyl halides is 6. The molecular formula is C19H12F6N2. The smallest absolute Gasteiger partial charge is 0.397 e. The molecule has 1 aromatic heterocycles. The molecular weight excluding hydrogens is 370 g/mol. The van der Waals surface area contributed by atoms with Gasteiger partial charge in [-0.3, -0.25) is 4.98 Å². The highest BCUT2D eigenvalue weighted by atomic mass is 19.4. The molecule has 27 heavy (non-hydrogen) atoms. The van der Waals surface area contributed by atoms with Crippen molar-refractivity contribution < 1.29 is 26.3 Å². The number of anilines is 1. The molecule has 0 radical (unpaired) electrons. The normalized spacial score (nSPS) is 12.2. The molecule has 0 fully saturated rings. The van der Waals surface area contributed by atoms with Crippen molar-refractivity contribution in [2.75, 3.05) is 5.73 Å². The first-order valence-corrected chi connectivity index (χ1v) is 7.66. The second-order valence-corrected chi connectivity index (χ2v) is 5.82. The van der Waals surface area contributed by atoms with E-state index in [1.54, 1.807) is 0 Å². The second kappa shape index (κ2) is 6.61. The number of hydrogen-bond donors (Lipinski definition) is 1. The highest BCUT2D eigenvalue weighted by Crippen LogP contribution is 2.38. The Morgan fingerprint density at radius 1 is 0.704 bits per heavy atom. The van der Waals surface area contributed by atoms with E-state index in [9.17, 15) is 26.3 Å². The predicted molar refractivity (Wildman–Crippen MR) is 89.5 cm³/mol. The standard InChI is InChI=1S/C19H12F6N2/c20-18(21,22)13-5-1-3-11(7-13)16-9-15(26)10-27-17(16)12-4-2-6-14(8-12)19(23,24)25/h1-10H,26H2. The van der Waals surface area contributed by atoms with E-state index in [1.807, 2.05) is 0 Å². The number of pyridine rings is 1. The lowest BCUT2D eigenvalue weighted by atomic mass is 9.96. The Morgan fingerprint density at radius 3 is 1.78 bits per heavy atom. The Kier molecular flexibility index (Phi) is 4.59. The van der Waals surface area contributed by atoms with E-state index in [2.05, 4.69) is 4.98 Å². The van der Waals surface area contributed by atoms with Crippen LogP contribution in [0.2, 0.25) is 0 Å². The summed E-state index contributed by atoms with van der Waals surface area (Å²) >= 11 is 0. The molecule has 2 nitrogen and oxygen atoms in total. The molecule has 8 heteroatoms. The molecule has 0 spiro atoms. The van der Waals surface area contributed by atoms with Crippen molar-refractivity contribution in [2.24, 2.45) is 0 Å². The molecule has 0 unspecified atom stereocenters. The third kappa shape index (κ3) is 4.05. The maximum atomic E-state index is 13.0. The molecule has 140 valence electrons. The monoisotopic (exact) mass is 382 g/mol. The lowest BCUT2D eigenvalue weighted by Crippen LogP contribution is -2.05. The van der Waals surface area contributed by atoms with Gasteiger partial charge in [0.2, 0.25) is 0 Å². The van der Waals surface area contributed by atoms with E-state index >= 15 is 0 Å². The average molecular weight is 382 g/mol. The molecule has 0 saturated heterocycles. The SMILES string of the molecule is Nc1cnc(-c2cccc(C(F)(F)F)c2)c(-c2cccc(C(F)(F)F)c2)c1. The van der Waals surface area contributed by atoms with Crippen LogP contribution in [0.1, 0.15) is 11.1 Å². The number of aromatic nitrogens is 1. The minimum atomic E-state index is -4.56. The van der Waals surface area contributed by atoms with Gasteiger partial charge >= 0.3 is 12.4 Å². The number of nitrogens with zero attached hydrogens (tertiary/aromatic N) is 1. The van der Waals surface area contributed by atoms with E-state index in [4.69, 9.17) is 5.73 Å². The Hall–Kier alpha value is -3.03. The Morgan fingerprint density at radius 2 is 1.22 bits per heavy atom. The van der Waals surface area contributed by atoms with Crippen LogP contribution in [0.15, 0.2) is 60.8 Å². The molecule has 1 heterocycles. The highest BCUT2D eigenvalue weighted by Gasteiger charge is 2.32. The first kappa shape index (κ1) is 18.8. The summed E-state index contributed by atoms with van der Waals surface area (Å²) in [6, 6.07) is 10.3. The number of hydrogen-bond acceptors (Lipinski definition) is 2. The zero-order chi connectivity index (χ0) is 19.8. The summed E-state index contributed by atoms with van der Waals surface area (Å²) in [7, 11) is 0. The average Bonchev–Trinajstić information content (AvgIpc) is 2.60. The predicted octanol–water partition coefficient (Wildman–Crippen LogP) is 6.04. The molecule has 3 aromatic rings. The van der Waals surface area contributed by atoms with Crippen LogP contribution in [0.25, 0.3) is 22.4 Å². The van der Waals surface area contributed by atoms with Crippen LogP contribution in [-0.2, 0) is 12.4 Å². The van der Waals surface area contributed by atoms with Gasteiger partial charge < -0.3 is 5.73 Å². The summed E-state index contributed by atoms with van der Waals surface area (Å²) in [4.78, 5) is 4.07. The summed E-state index contributed by atoms with van der Waals surface area (Å²) < 4.78 is 78.0. The largest absolute Gasteiger partial charge is 0.416 e. The van der Waals surface area contributed by atoms with Gasteiger partial charge in [-0.2, -0.15) is 26.3 Å². The lowest BCUT2D eigenvalue weighted by Gasteiger charge is -2.14. The van der Waals surface area contributed by atoms with Gasteiger partial charge in [0.15, 0.2) is 0 Å². The van der Waals surface area contributed by atoms with Crippen molar-refractivity contribution in [1.82, 2.24) is 4.98 Å². The Bertz CT molecular complexity index is 976. The van der Waals surface area contributed by atoms with Crippen LogP contribution < -0.4 is 5.73 Å². The van der Waals surface area contributed by atoms with Gasteiger partial charge in [0.25, 0.3) is 0 Å². The number of rotatable bonds is 2. The Labute approximate surface area is 150 Å². The van der Waals surface area contributed by atoms with E-state index in [0.29, 0.717) is 0 Å². The summed E-state index contributed by atoms with van der Waals surface area (Å²) in [6.07, 6.45) is -7.87. The molecule has 0 aliphatic carbocycles. The summed E-state index contributed by atoms with van der Waals surface area (Å²) in [6.45, 7) is 0. The van der Waals surface area contributed by atoms with Crippen LogP contribution in [0, 0.1) is 0 Å². The van der Waals surface area contributed by atoms with Crippen molar-refractivity contribution in [3.8, 4) is 22.4 Å². The number of nitrogens with two attached hydrogens (primary N) is 1. The zero-order valence-corrected chi connectivity index (χ0v) is 13.6. The maximum absolute atomic E-state index is 13.0. The zero-order valence-electron chi connectivity index (χ0n) is 13.6. The number of halogens is 6. The van der Waals surface area contributed by atoms with Gasteiger partial charge in [-0.05, 0) is 35.9 Å². The molecule has 0 atom stereocenters. The quantitative estimate of drug-likeness (QED) is 0.549. The fourth-order valence-corrected chi connectivity index (χ4v) is 2.64. The minimum absolute atomic E-state index is 0.106. The Balaban J connectivity index is 2.19. The van der Waals surface area contributed by atoms with Gasteiger partial charge in [0.05, 0.1) is 28.7 Å². The van der Waals surface area contributed by atoms with E-state index in [-0.39, 0.29) is 28.1 Å². The molecule has 0 amide bonds. The minimum Gasteiger partial charge on any atom is -0.397 e. The number of benzene rings is 2. The van der Waals surface area contributed by atoms with E-state index < -0.39 is 23.5 Å². The molecule has 0 saturated carbocycles. The van der Waals surface area contributed by atoms with Crippen LogP contribution in [-0.4, -0.2) is 4.98 Å². The van der Waals surface area contributed by atoms with E-state index in [0.717, 1.165) is 24.3 Å². The molecule has 3 rings (SSSR count). The van der Waals surface area contributed by atoms with Gasteiger partial charge in [0, 0.05) is 11.1 Å². The van der Waals surface area contributed by atoms with Crippen LogP contribution in [0.4, 0.5) is 32.0 Å². The highest BCUT2D eigenvalue weighted by molar-refractivity contribution is 5.83. The third-order valence-corrected chi connectivity index (χ3v) is 3.87. The molecule has 2 N–H and O–H groups in total. The van der Waals surface area contributed by atoms with Crippen LogP contribution >= 0.6 is 0 Å². The van der Waals surface area contributed by atoms with Gasteiger partial charge in [-0.25, -0.2) is 0 Å². The van der Waals surface area contributed by atoms with Gasteiger partial charge in [0.1, 0.15) is 0 Å². The second-order valence-electron chi connectivity index (χ2n) is 5.82. The maximum Gasteiger partial charge on any atom is 0.416 e. The van der Waals surface area contributed by atoms with Crippen LogP contribution in [0.5, 0.6) is 0 Å². The fourth-order valence-electron chi connectivity index (χ4n) is 2.64. The van der Waals surface area contributed by atoms with E-state index in [1.165, 1.54) is 36.5 Å². The summed E-state index contributed by atoms with van der Waals surface area (Å²) in [5.41, 5.74) is 4.71. The van der Waals surface area contributed by atoms with Gasteiger partial charge in [-0.15, -0.1) is 0 Å². The third-order valence-electron chi connectivity index (χ3n) is 3.87. The number of nitrogen functional groups attached to an aromatic ring is 1. The van der Waals surface area contributed by atoms with Crippen molar-refractivity contribution >= 4 is 5.69 Å². The molecule has 0 aliphatic heterocycles. The molecule has 2 aromatic carbocycles. The first-order chi connectivity index (χ1) is 12.6. The van der Waals surface area contributed by atoms with Crippen molar-refractivity contribution in [3.63, 3.8) is 0 Å². The van der Waals surface area contributed by atoms with Crippen molar-refractivity contribution in [3.05, 3.63) is 71.9 Å². The van der Waals surface area contributed by atoms with Gasteiger partial charge in [-0.1, -0.05) is 24.3 Å². The van der Waals surface area contributed by atoms with Crippen molar-refractivity contribution in [2.45, 2.75) is 12.4 Å². The first-order valence-electron chi connectivity index (χ1n) is 7.66. The molecule has 0 bridgehead atoms. The topological polar surface area (TPSA) is 38.9 Å². The lowest BCUT2D eigenvalue weighted by molar-refractivity contribution is -0.138.